The molecule has 118 valence electrons. The quantitative estimate of drug-likeness (QED) is 0.846. The van der Waals surface area contributed by atoms with E-state index >= 15 is 0 Å². The molecule has 2 aromatic carbocycles. The molecule has 0 spiro atoms. The van der Waals surface area contributed by atoms with Crippen molar-refractivity contribution in [3.05, 3.63) is 58.7 Å². The Morgan fingerprint density at radius 1 is 1.26 bits per heavy atom. The second-order valence-corrected chi connectivity index (χ2v) is 5.51. The van der Waals surface area contributed by atoms with Gasteiger partial charge in [-0.25, -0.2) is 0 Å². The minimum Gasteiger partial charge on any atom is -0.504 e. The Kier molecular flexibility index (Phi) is 4.06. The molecule has 0 amide bonds. The largest absolute Gasteiger partial charge is 0.504 e. The third kappa shape index (κ3) is 2.93. The Hall–Kier alpha value is -2.75. The number of phenolic OH excluding ortho intramolecular Hbond substituents is 1. The summed E-state index contributed by atoms with van der Waals surface area (Å²) in [5.74, 6) is 0.359. The van der Waals surface area contributed by atoms with Crippen LogP contribution >= 0.6 is 0 Å². The van der Waals surface area contributed by atoms with Gasteiger partial charge in [0.05, 0.1) is 7.11 Å². The lowest BCUT2D eigenvalue weighted by Crippen LogP contribution is -1.97. The van der Waals surface area contributed by atoms with Crippen molar-refractivity contribution in [2.45, 2.75) is 13.3 Å². The molecule has 0 saturated heterocycles. The molecule has 3 rings (SSSR count). The first kappa shape index (κ1) is 15.2. The molecule has 1 aliphatic rings. The number of carbonyl (C=O) groups is 1. The maximum absolute atomic E-state index is 12.5. The van der Waals surface area contributed by atoms with Crippen LogP contribution in [-0.4, -0.2) is 24.5 Å². The summed E-state index contributed by atoms with van der Waals surface area (Å²) in [4.78, 5) is 12.5. The lowest BCUT2D eigenvalue weighted by molar-refractivity contribution is 0.104. The number of allylic oxidation sites excluding steroid dienone is 1. The van der Waals surface area contributed by atoms with Gasteiger partial charge in [-0.05, 0) is 48.4 Å². The highest BCUT2D eigenvalue weighted by Crippen LogP contribution is 2.36. The monoisotopic (exact) mass is 309 g/mol. The maximum Gasteiger partial charge on any atom is 0.189 e. The van der Waals surface area contributed by atoms with Gasteiger partial charge in [-0.3, -0.25) is 4.79 Å². The number of hydrogen-bond donors (Lipinski definition) is 2. The van der Waals surface area contributed by atoms with E-state index in [1.54, 1.807) is 6.07 Å². The van der Waals surface area contributed by atoms with Gasteiger partial charge in [-0.1, -0.05) is 12.1 Å². The number of benzene rings is 2. The summed E-state index contributed by atoms with van der Waals surface area (Å²) < 4.78 is 5.11. The van der Waals surface area contributed by atoms with E-state index in [0.29, 0.717) is 17.7 Å². The minimum atomic E-state index is -0.0336. The van der Waals surface area contributed by atoms with Gasteiger partial charge < -0.3 is 15.2 Å². The summed E-state index contributed by atoms with van der Waals surface area (Å²) in [7, 11) is 1.50. The highest BCUT2D eigenvalue weighted by atomic mass is 16.5. The van der Waals surface area contributed by atoms with Crippen molar-refractivity contribution >= 4 is 17.5 Å². The molecular formula is C19H19NO3. The number of phenols is 1. The lowest BCUT2D eigenvalue weighted by Gasteiger charge is -2.05. The van der Waals surface area contributed by atoms with Gasteiger partial charge in [0, 0.05) is 29.8 Å². The average Bonchev–Trinajstić information content (AvgIpc) is 2.84. The van der Waals surface area contributed by atoms with Crippen LogP contribution in [0.1, 0.15) is 28.4 Å². The summed E-state index contributed by atoms with van der Waals surface area (Å²) in [6.45, 7) is 2.92. The normalized spacial score (nSPS) is 14.9. The zero-order chi connectivity index (χ0) is 16.4. The molecule has 0 bridgehead atoms. The number of methoxy groups -OCH3 is 1. The number of aromatic hydroxyl groups is 1. The molecule has 0 aliphatic heterocycles. The van der Waals surface area contributed by atoms with Crippen LogP contribution in [0, 0.1) is 0 Å². The minimum absolute atomic E-state index is 0.00385. The first-order valence-corrected chi connectivity index (χ1v) is 7.61. The second-order valence-electron chi connectivity index (χ2n) is 5.51. The van der Waals surface area contributed by atoms with Crippen LogP contribution in [0.25, 0.3) is 6.08 Å². The number of rotatable bonds is 4. The van der Waals surface area contributed by atoms with E-state index < -0.39 is 0 Å². The summed E-state index contributed by atoms with van der Waals surface area (Å²) in [5, 5.41) is 13.1. The summed E-state index contributed by atoms with van der Waals surface area (Å²) >= 11 is 0. The van der Waals surface area contributed by atoms with Crippen molar-refractivity contribution in [1.29, 1.82) is 0 Å². The molecule has 2 N–H and O–H groups in total. The van der Waals surface area contributed by atoms with Gasteiger partial charge >= 0.3 is 0 Å². The smallest absolute Gasteiger partial charge is 0.189 e. The molecule has 0 saturated carbocycles. The first-order chi connectivity index (χ1) is 11.1. The molecule has 4 nitrogen and oxygen atoms in total. The zero-order valence-electron chi connectivity index (χ0n) is 13.2. The Balaban J connectivity index is 1.89. The van der Waals surface area contributed by atoms with Crippen molar-refractivity contribution in [1.82, 2.24) is 0 Å². The van der Waals surface area contributed by atoms with Gasteiger partial charge in [0.2, 0.25) is 0 Å². The number of nitrogens with one attached hydrogen (secondary N) is 1. The third-order valence-corrected chi connectivity index (χ3v) is 3.95. The highest BCUT2D eigenvalue weighted by molar-refractivity contribution is 6.15. The number of anilines is 1. The number of hydrogen-bond acceptors (Lipinski definition) is 4. The van der Waals surface area contributed by atoms with Crippen LogP contribution in [0.15, 0.2) is 42.0 Å². The van der Waals surface area contributed by atoms with Crippen LogP contribution < -0.4 is 10.1 Å². The topological polar surface area (TPSA) is 58.6 Å². The molecule has 0 heterocycles. The number of ether oxygens (including phenoxy) is 1. The molecular weight excluding hydrogens is 290 g/mol. The molecule has 0 radical (unpaired) electrons. The van der Waals surface area contributed by atoms with E-state index in [2.05, 4.69) is 5.32 Å². The van der Waals surface area contributed by atoms with Crippen LogP contribution in [-0.2, 0) is 6.42 Å². The summed E-state index contributed by atoms with van der Waals surface area (Å²) in [6, 6.07) is 11.2. The summed E-state index contributed by atoms with van der Waals surface area (Å²) in [6.07, 6.45) is 2.46. The van der Waals surface area contributed by atoms with E-state index in [1.165, 1.54) is 13.2 Å². The van der Waals surface area contributed by atoms with Crippen LogP contribution in [0.4, 0.5) is 5.69 Å². The maximum atomic E-state index is 12.5. The van der Waals surface area contributed by atoms with Gasteiger partial charge in [0.15, 0.2) is 17.3 Å². The fraction of sp³-hybridized carbons (Fsp3) is 0.211. The molecule has 0 aromatic heterocycles. The van der Waals surface area contributed by atoms with Crippen molar-refractivity contribution in [3.8, 4) is 11.5 Å². The Morgan fingerprint density at radius 2 is 2.00 bits per heavy atom. The van der Waals surface area contributed by atoms with E-state index in [0.717, 1.165) is 28.9 Å². The molecule has 4 heteroatoms. The van der Waals surface area contributed by atoms with Gasteiger partial charge in [0.1, 0.15) is 0 Å². The van der Waals surface area contributed by atoms with Gasteiger partial charge in [-0.2, -0.15) is 0 Å². The second kappa shape index (κ2) is 6.16. The number of ketones is 1. The standard InChI is InChI=1S/C19H19NO3/c1-3-20-15-6-4-12(5-7-15)8-14-9-13-10-18(23-2)17(21)11-16(13)19(14)22/h4-8,10-11,20-21H,3,9H2,1-2H3/b14-8+. The third-order valence-electron chi connectivity index (χ3n) is 3.95. The van der Waals surface area contributed by atoms with Crippen molar-refractivity contribution in [3.63, 3.8) is 0 Å². The Bertz CT molecular complexity index is 776. The fourth-order valence-corrected chi connectivity index (χ4v) is 2.81. The number of fused-ring (bicyclic) bond motifs is 1. The number of carbonyl (C=O) groups excluding carboxylic acids is 1. The molecule has 0 unspecified atom stereocenters. The van der Waals surface area contributed by atoms with E-state index in [9.17, 15) is 9.90 Å². The van der Waals surface area contributed by atoms with Crippen LogP contribution in [0.2, 0.25) is 0 Å². The van der Waals surface area contributed by atoms with E-state index in [1.807, 2.05) is 37.3 Å². The Morgan fingerprint density at radius 3 is 2.65 bits per heavy atom. The average molecular weight is 309 g/mol. The van der Waals surface area contributed by atoms with Crippen molar-refractivity contribution in [2.75, 3.05) is 19.0 Å². The molecule has 1 aliphatic carbocycles. The van der Waals surface area contributed by atoms with Crippen LogP contribution in [0.5, 0.6) is 11.5 Å². The van der Waals surface area contributed by atoms with Crippen molar-refractivity contribution in [2.24, 2.45) is 0 Å². The molecule has 2 aromatic rings. The van der Waals surface area contributed by atoms with E-state index in [4.69, 9.17) is 4.74 Å². The fourth-order valence-electron chi connectivity index (χ4n) is 2.81. The van der Waals surface area contributed by atoms with E-state index in [-0.39, 0.29) is 11.5 Å². The lowest BCUT2D eigenvalue weighted by atomic mass is 10.1. The molecule has 23 heavy (non-hydrogen) atoms. The van der Waals surface area contributed by atoms with Crippen molar-refractivity contribution < 1.29 is 14.6 Å². The predicted octanol–water partition coefficient (Wildman–Crippen LogP) is 3.66. The summed E-state index contributed by atoms with van der Waals surface area (Å²) in [5.41, 5.74) is 4.21. The SMILES string of the molecule is CCNc1ccc(/C=C2\Cc3cc(OC)c(O)cc3C2=O)cc1. The highest BCUT2D eigenvalue weighted by Gasteiger charge is 2.26. The van der Waals surface area contributed by atoms with Gasteiger partial charge in [0.25, 0.3) is 0 Å². The molecule has 0 fully saturated rings. The predicted molar refractivity (Wildman–Crippen MR) is 91.3 cm³/mol. The zero-order valence-corrected chi connectivity index (χ0v) is 13.2. The first-order valence-electron chi connectivity index (χ1n) is 7.61. The number of Topliss-reactive ketones (excluding diaryl/α,β-unsaturated/α-hetero) is 1. The van der Waals surface area contributed by atoms with Crippen LogP contribution in [0.3, 0.4) is 0 Å². The Labute approximate surface area is 135 Å². The van der Waals surface area contributed by atoms with Gasteiger partial charge in [-0.15, -0.1) is 0 Å². The molecule has 0 atom stereocenters.